The molecular formula is C23H22F2N4O. The smallest absolute Gasteiger partial charge is 0.253 e. The second-order valence-electron chi connectivity index (χ2n) is 8.06. The molecule has 3 aromatic rings. The van der Waals surface area contributed by atoms with Crippen molar-refractivity contribution in [3.8, 4) is 5.69 Å². The van der Waals surface area contributed by atoms with Crippen molar-refractivity contribution in [1.29, 1.82) is 0 Å². The molecule has 5 nitrogen and oxygen atoms in total. The average Bonchev–Trinajstić information content (AvgIpc) is 3.23. The molecule has 0 atom stereocenters. The van der Waals surface area contributed by atoms with E-state index in [-0.39, 0.29) is 17.0 Å². The number of benzene rings is 2. The van der Waals surface area contributed by atoms with Gasteiger partial charge in [0, 0.05) is 37.6 Å². The van der Waals surface area contributed by atoms with E-state index in [0.29, 0.717) is 25.9 Å². The second kappa shape index (κ2) is 7.02. The van der Waals surface area contributed by atoms with Crippen LogP contribution < -0.4 is 0 Å². The molecular weight excluding hydrogens is 386 g/mol. The van der Waals surface area contributed by atoms with E-state index in [1.165, 1.54) is 11.6 Å². The van der Waals surface area contributed by atoms with Gasteiger partial charge in [0.1, 0.15) is 5.82 Å². The van der Waals surface area contributed by atoms with E-state index in [4.69, 9.17) is 4.98 Å². The summed E-state index contributed by atoms with van der Waals surface area (Å²) in [5.74, 6) is -1.24. The van der Waals surface area contributed by atoms with Gasteiger partial charge in [-0.1, -0.05) is 18.2 Å². The van der Waals surface area contributed by atoms with Gasteiger partial charge in [-0.05, 0) is 49.7 Å². The number of rotatable bonds is 1. The van der Waals surface area contributed by atoms with E-state index in [9.17, 15) is 13.6 Å². The van der Waals surface area contributed by atoms with E-state index in [1.54, 1.807) is 4.90 Å². The highest BCUT2D eigenvalue weighted by Crippen LogP contribution is 2.42. The normalized spacial score (nSPS) is 18.0. The molecule has 0 saturated carbocycles. The van der Waals surface area contributed by atoms with Gasteiger partial charge in [0.15, 0.2) is 11.6 Å². The number of aromatic nitrogens is 2. The van der Waals surface area contributed by atoms with E-state index in [2.05, 4.69) is 28.6 Å². The minimum absolute atomic E-state index is 0.174. The van der Waals surface area contributed by atoms with Crippen LogP contribution in [-0.4, -0.2) is 45.4 Å². The number of imidazole rings is 1. The lowest BCUT2D eigenvalue weighted by atomic mass is 9.84. The zero-order valence-electron chi connectivity index (χ0n) is 16.7. The van der Waals surface area contributed by atoms with E-state index in [1.807, 2.05) is 24.5 Å². The SMILES string of the molecule is CN1Cc2ccccc2-n2ccnc2C12CCN(C(=O)c1ccc(F)c(F)c1)CC2. The van der Waals surface area contributed by atoms with Crippen LogP contribution in [0.4, 0.5) is 8.78 Å². The summed E-state index contributed by atoms with van der Waals surface area (Å²) in [5.41, 5.74) is 2.24. The minimum Gasteiger partial charge on any atom is -0.338 e. The first-order valence-corrected chi connectivity index (χ1v) is 10.1. The Balaban J connectivity index is 1.44. The fourth-order valence-corrected chi connectivity index (χ4v) is 4.80. The lowest BCUT2D eigenvalue weighted by Crippen LogP contribution is -2.53. The molecule has 154 valence electrons. The molecule has 1 fully saturated rings. The van der Waals surface area contributed by atoms with Crippen molar-refractivity contribution in [2.75, 3.05) is 20.1 Å². The Morgan fingerprint density at radius 1 is 1.07 bits per heavy atom. The van der Waals surface area contributed by atoms with Crippen LogP contribution in [0.3, 0.4) is 0 Å². The molecule has 2 aliphatic heterocycles. The predicted molar refractivity (Wildman–Crippen MR) is 108 cm³/mol. The third kappa shape index (κ3) is 2.84. The van der Waals surface area contributed by atoms with Crippen molar-refractivity contribution in [2.24, 2.45) is 0 Å². The highest BCUT2D eigenvalue weighted by molar-refractivity contribution is 5.94. The number of carbonyl (C=O) groups excluding carboxylic acids is 1. The van der Waals surface area contributed by atoms with Crippen LogP contribution >= 0.6 is 0 Å². The number of piperidine rings is 1. The predicted octanol–water partition coefficient (Wildman–Crippen LogP) is 3.73. The Bertz CT molecular complexity index is 1120. The second-order valence-corrected chi connectivity index (χ2v) is 8.06. The minimum atomic E-state index is -1.00. The van der Waals surface area contributed by atoms with Crippen molar-refractivity contribution in [3.63, 3.8) is 0 Å². The number of nitrogens with zero attached hydrogens (tertiary/aromatic N) is 4. The molecule has 1 aromatic heterocycles. The zero-order chi connectivity index (χ0) is 20.9. The van der Waals surface area contributed by atoms with Gasteiger partial charge >= 0.3 is 0 Å². The lowest BCUT2D eigenvalue weighted by molar-refractivity contribution is 0.0230. The van der Waals surface area contributed by atoms with Crippen molar-refractivity contribution >= 4 is 5.91 Å². The van der Waals surface area contributed by atoms with Crippen molar-refractivity contribution in [2.45, 2.75) is 24.9 Å². The number of amides is 1. The van der Waals surface area contributed by atoms with Crippen LogP contribution in [0.15, 0.2) is 54.9 Å². The summed E-state index contributed by atoms with van der Waals surface area (Å²) in [7, 11) is 2.11. The topological polar surface area (TPSA) is 41.4 Å². The maximum absolute atomic E-state index is 13.6. The molecule has 7 heteroatoms. The fourth-order valence-electron chi connectivity index (χ4n) is 4.80. The first-order valence-electron chi connectivity index (χ1n) is 10.1. The molecule has 0 N–H and O–H groups in total. The molecule has 5 rings (SSSR count). The summed E-state index contributed by atoms with van der Waals surface area (Å²) in [4.78, 5) is 21.6. The maximum Gasteiger partial charge on any atom is 0.253 e. The van der Waals surface area contributed by atoms with Crippen molar-refractivity contribution in [3.05, 3.63) is 83.4 Å². The highest BCUT2D eigenvalue weighted by Gasteiger charge is 2.45. The summed E-state index contributed by atoms with van der Waals surface area (Å²) in [6, 6.07) is 11.6. The highest BCUT2D eigenvalue weighted by atomic mass is 19.2. The lowest BCUT2D eigenvalue weighted by Gasteiger charge is -2.46. The van der Waals surface area contributed by atoms with Gasteiger partial charge in [-0.3, -0.25) is 9.69 Å². The van der Waals surface area contributed by atoms with Crippen LogP contribution in [0.2, 0.25) is 0 Å². The Kier molecular flexibility index (Phi) is 4.43. The first kappa shape index (κ1) is 18.9. The molecule has 1 amide bonds. The van der Waals surface area contributed by atoms with Crippen LogP contribution in [0.25, 0.3) is 5.69 Å². The summed E-state index contributed by atoms with van der Waals surface area (Å²) >= 11 is 0. The molecule has 1 spiro atoms. The first-order chi connectivity index (χ1) is 14.5. The fraction of sp³-hybridized carbons (Fsp3) is 0.304. The number of carbonyl (C=O) groups is 1. The van der Waals surface area contributed by atoms with Gasteiger partial charge in [-0.15, -0.1) is 0 Å². The number of para-hydroxylation sites is 1. The third-order valence-electron chi connectivity index (χ3n) is 6.49. The molecule has 30 heavy (non-hydrogen) atoms. The Labute approximate surface area is 173 Å². The third-order valence-corrected chi connectivity index (χ3v) is 6.49. The quantitative estimate of drug-likeness (QED) is 0.616. The van der Waals surface area contributed by atoms with Gasteiger partial charge in [-0.2, -0.15) is 0 Å². The molecule has 2 aromatic carbocycles. The van der Waals surface area contributed by atoms with Crippen molar-refractivity contribution in [1.82, 2.24) is 19.4 Å². The Morgan fingerprint density at radius 3 is 2.60 bits per heavy atom. The number of fused-ring (bicyclic) bond motifs is 4. The molecule has 2 aliphatic rings. The molecule has 0 aliphatic carbocycles. The van der Waals surface area contributed by atoms with Gasteiger partial charge < -0.3 is 9.47 Å². The van der Waals surface area contributed by atoms with E-state index in [0.717, 1.165) is 30.2 Å². The summed E-state index contributed by atoms with van der Waals surface area (Å²) < 4.78 is 29.0. The molecule has 3 heterocycles. The number of hydrogen-bond acceptors (Lipinski definition) is 3. The Hall–Kier alpha value is -3.06. The van der Waals surface area contributed by atoms with Gasteiger partial charge in [-0.25, -0.2) is 13.8 Å². The van der Waals surface area contributed by atoms with Gasteiger partial charge in [0.2, 0.25) is 0 Å². The zero-order valence-corrected chi connectivity index (χ0v) is 16.7. The van der Waals surface area contributed by atoms with Crippen LogP contribution in [0, 0.1) is 11.6 Å². The molecule has 0 radical (unpaired) electrons. The van der Waals surface area contributed by atoms with Crippen LogP contribution in [0.5, 0.6) is 0 Å². The van der Waals surface area contributed by atoms with E-state index < -0.39 is 11.6 Å². The molecule has 1 saturated heterocycles. The van der Waals surface area contributed by atoms with Gasteiger partial charge in [0.05, 0.1) is 11.2 Å². The van der Waals surface area contributed by atoms with Crippen molar-refractivity contribution < 1.29 is 13.6 Å². The summed E-state index contributed by atoms with van der Waals surface area (Å²) in [6.45, 7) is 1.83. The largest absolute Gasteiger partial charge is 0.338 e. The number of likely N-dealkylation sites (tertiary alicyclic amines) is 1. The average molecular weight is 408 g/mol. The number of halogens is 2. The summed E-state index contributed by atoms with van der Waals surface area (Å²) in [6.07, 6.45) is 5.24. The maximum atomic E-state index is 13.6. The number of hydrogen-bond donors (Lipinski definition) is 0. The van der Waals surface area contributed by atoms with E-state index >= 15 is 0 Å². The van der Waals surface area contributed by atoms with Gasteiger partial charge in [0.25, 0.3) is 5.91 Å². The summed E-state index contributed by atoms with van der Waals surface area (Å²) in [5, 5.41) is 0. The molecule has 0 bridgehead atoms. The van der Waals surface area contributed by atoms with Crippen LogP contribution in [-0.2, 0) is 12.1 Å². The standard InChI is InChI=1S/C23H22F2N4O/c1-27-15-17-4-2-3-5-20(17)29-13-10-26-22(29)23(27)8-11-28(12-9-23)21(30)16-6-7-18(24)19(25)14-16/h2-7,10,13-14H,8-9,11-12,15H2,1H3. The molecule has 0 unspecified atom stereocenters. The van der Waals surface area contributed by atoms with Crippen LogP contribution in [0.1, 0.15) is 34.6 Å². The Morgan fingerprint density at radius 2 is 1.83 bits per heavy atom. The monoisotopic (exact) mass is 408 g/mol.